The minimum atomic E-state index is -4.21. The summed E-state index contributed by atoms with van der Waals surface area (Å²) in [5, 5.41) is 12.4. The third-order valence-corrected chi connectivity index (χ3v) is 5.19. The summed E-state index contributed by atoms with van der Waals surface area (Å²) in [6.45, 7) is 2.55. The maximum Gasteiger partial charge on any atom is 0.327 e. The van der Waals surface area contributed by atoms with Gasteiger partial charge in [-0.05, 0) is 51.0 Å². The number of rotatable bonds is 8. The molecule has 1 aliphatic carbocycles. The second-order valence-electron chi connectivity index (χ2n) is 6.16. The van der Waals surface area contributed by atoms with Crippen LogP contribution in [0.15, 0.2) is 29.2 Å². The van der Waals surface area contributed by atoms with Crippen molar-refractivity contribution in [3.63, 3.8) is 0 Å². The van der Waals surface area contributed by atoms with E-state index < -0.39 is 46.0 Å². The summed E-state index contributed by atoms with van der Waals surface area (Å²) in [6, 6.07) is 2.40. The van der Waals surface area contributed by atoms with Gasteiger partial charge < -0.3 is 15.2 Å². The summed E-state index contributed by atoms with van der Waals surface area (Å²) in [6.07, 6.45) is -0.837. The maximum atomic E-state index is 12.9. The molecule has 0 aromatic heterocycles. The summed E-state index contributed by atoms with van der Waals surface area (Å²) >= 11 is 0. The molecule has 3 N–H and O–H groups in total. The molecule has 0 aliphatic heterocycles. The number of ether oxygens (including phenoxy) is 1. The highest BCUT2D eigenvalue weighted by molar-refractivity contribution is 7.89. The lowest BCUT2D eigenvalue weighted by Crippen LogP contribution is -2.50. The van der Waals surface area contributed by atoms with Gasteiger partial charge in [0.05, 0.1) is 11.0 Å². The maximum absolute atomic E-state index is 12.9. The van der Waals surface area contributed by atoms with E-state index in [4.69, 9.17) is 4.74 Å². The van der Waals surface area contributed by atoms with E-state index in [-0.39, 0.29) is 10.9 Å². The Kier molecular flexibility index (Phi) is 6.32. The molecule has 8 nitrogen and oxygen atoms in total. The number of carbonyl (C=O) groups excluding carboxylic acids is 2. The predicted octanol–water partition coefficient (Wildman–Crippen LogP) is 0.0637. The zero-order valence-electron chi connectivity index (χ0n) is 14.3. The number of halogens is 1. The van der Waals surface area contributed by atoms with Gasteiger partial charge in [0.2, 0.25) is 10.0 Å². The Bertz CT molecular complexity index is 761. The van der Waals surface area contributed by atoms with Gasteiger partial charge in [0, 0.05) is 6.04 Å². The number of sulfonamides is 1. The molecule has 0 spiro atoms. The monoisotopic (exact) mass is 388 g/mol. The number of esters is 1. The second kappa shape index (κ2) is 8.11. The molecule has 2 rings (SSSR count). The molecule has 0 saturated heterocycles. The van der Waals surface area contributed by atoms with E-state index in [2.05, 4.69) is 5.32 Å². The lowest BCUT2D eigenvalue weighted by Gasteiger charge is -2.22. The largest absolute Gasteiger partial charge is 0.451 e. The summed E-state index contributed by atoms with van der Waals surface area (Å²) < 4.78 is 44.5. The first kappa shape index (κ1) is 20.3. The Morgan fingerprint density at radius 2 is 1.81 bits per heavy atom. The van der Waals surface area contributed by atoms with Gasteiger partial charge in [-0.3, -0.25) is 9.59 Å². The standard InChI is InChI=1S/C16H21FN2O6S/c1-9(20)14(16(22)25-10(2)15(21)18-12-5-6-12)19-26(23,24)13-7-3-11(17)4-8-13/h3-4,7-10,12,14,19-20H,5-6H2,1-2H3,(H,18,21)/t9-,10+,14+/m1/s1. The van der Waals surface area contributed by atoms with Crippen LogP contribution >= 0.6 is 0 Å². The van der Waals surface area contributed by atoms with Crippen molar-refractivity contribution in [2.24, 2.45) is 0 Å². The summed E-state index contributed by atoms with van der Waals surface area (Å²) in [5.74, 6) is -2.21. The molecule has 10 heteroatoms. The number of aliphatic hydroxyl groups is 1. The van der Waals surface area contributed by atoms with Crippen molar-refractivity contribution in [2.45, 2.75) is 55.9 Å². The Hall–Kier alpha value is -2.04. The molecule has 144 valence electrons. The molecule has 1 saturated carbocycles. The van der Waals surface area contributed by atoms with Gasteiger partial charge in [0.25, 0.3) is 5.91 Å². The third-order valence-electron chi connectivity index (χ3n) is 3.73. The van der Waals surface area contributed by atoms with Gasteiger partial charge in [0.1, 0.15) is 11.9 Å². The van der Waals surface area contributed by atoms with Crippen molar-refractivity contribution in [2.75, 3.05) is 0 Å². The number of hydrogen-bond acceptors (Lipinski definition) is 6. The predicted molar refractivity (Wildman–Crippen MR) is 88.9 cm³/mol. The number of amides is 1. The fraction of sp³-hybridized carbons (Fsp3) is 0.500. The molecule has 1 aromatic carbocycles. The van der Waals surface area contributed by atoms with Gasteiger partial charge in [-0.15, -0.1) is 0 Å². The summed E-state index contributed by atoms with van der Waals surface area (Å²) in [4.78, 5) is 23.8. The highest BCUT2D eigenvalue weighted by Crippen LogP contribution is 2.19. The molecule has 0 radical (unpaired) electrons. The topological polar surface area (TPSA) is 122 Å². The van der Waals surface area contributed by atoms with Gasteiger partial charge in [-0.25, -0.2) is 12.8 Å². The molecule has 0 unspecified atom stereocenters. The van der Waals surface area contributed by atoms with E-state index in [0.717, 1.165) is 37.1 Å². The van der Waals surface area contributed by atoms with Crippen LogP contribution in [0.3, 0.4) is 0 Å². The van der Waals surface area contributed by atoms with Crippen LogP contribution in [0.4, 0.5) is 4.39 Å². The van der Waals surface area contributed by atoms with Crippen LogP contribution in [0.5, 0.6) is 0 Å². The second-order valence-corrected chi connectivity index (χ2v) is 7.87. The quantitative estimate of drug-likeness (QED) is 0.542. The molecular formula is C16H21FN2O6S. The molecular weight excluding hydrogens is 367 g/mol. The van der Waals surface area contributed by atoms with Crippen LogP contribution in [0, 0.1) is 5.82 Å². The van der Waals surface area contributed by atoms with Crippen molar-refractivity contribution in [1.29, 1.82) is 0 Å². The van der Waals surface area contributed by atoms with Gasteiger partial charge >= 0.3 is 5.97 Å². The van der Waals surface area contributed by atoms with E-state index in [1.165, 1.54) is 13.8 Å². The summed E-state index contributed by atoms with van der Waals surface area (Å²) in [5.41, 5.74) is 0. The molecule has 3 atom stereocenters. The van der Waals surface area contributed by atoms with Crippen LogP contribution < -0.4 is 10.0 Å². The van der Waals surface area contributed by atoms with Crippen molar-refractivity contribution >= 4 is 21.9 Å². The van der Waals surface area contributed by atoms with E-state index in [1.807, 2.05) is 4.72 Å². The number of nitrogens with one attached hydrogen (secondary N) is 2. The van der Waals surface area contributed by atoms with Crippen LogP contribution in [0.2, 0.25) is 0 Å². The van der Waals surface area contributed by atoms with Crippen molar-refractivity contribution < 1.29 is 32.2 Å². The SMILES string of the molecule is C[C@H](OC(=O)[C@@H](NS(=O)(=O)c1ccc(F)cc1)[C@@H](C)O)C(=O)NC1CC1. The van der Waals surface area contributed by atoms with E-state index in [9.17, 15) is 27.5 Å². The number of aliphatic hydroxyl groups excluding tert-OH is 1. The minimum absolute atomic E-state index is 0.0770. The normalized spacial score (nSPS) is 17.8. The molecule has 1 amide bonds. The first-order valence-corrected chi connectivity index (χ1v) is 9.55. The fourth-order valence-electron chi connectivity index (χ4n) is 2.04. The van der Waals surface area contributed by atoms with E-state index >= 15 is 0 Å². The molecule has 1 fully saturated rings. The van der Waals surface area contributed by atoms with E-state index in [0.29, 0.717) is 0 Å². The Balaban J connectivity index is 2.05. The van der Waals surface area contributed by atoms with Crippen LogP contribution in [-0.2, 0) is 24.3 Å². The molecule has 26 heavy (non-hydrogen) atoms. The lowest BCUT2D eigenvalue weighted by molar-refractivity contribution is -0.158. The first-order chi connectivity index (χ1) is 12.1. The lowest BCUT2D eigenvalue weighted by atomic mass is 10.2. The Morgan fingerprint density at radius 1 is 1.23 bits per heavy atom. The number of benzene rings is 1. The zero-order chi connectivity index (χ0) is 19.5. The fourth-order valence-corrected chi connectivity index (χ4v) is 3.30. The molecule has 0 bridgehead atoms. The number of carbonyl (C=O) groups is 2. The van der Waals surface area contributed by atoms with Crippen molar-refractivity contribution in [1.82, 2.24) is 10.0 Å². The highest BCUT2D eigenvalue weighted by atomic mass is 32.2. The molecule has 1 aliphatic rings. The average molecular weight is 388 g/mol. The van der Waals surface area contributed by atoms with Gasteiger partial charge in [-0.1, -0.05) is 0 Å². The van der Waals surface area contributed by atoms with Crippen molar-refractivity contribution in [3.05, 3.63) is 30.1 Å². The molecule has 1 aromatic rings. The highest BCUT2D eigenvalue weighted by Gasteiger charge is 2.34. The Labute approximate surface area is 150 Å². The summed E-state index contributed by atoms with van der Waals surface area (Å²) in [7, 11) is -4.21. The Morgan fingerprint density at radius 3 is 2.31 bits per heavy atom. The minimum Gasteiger partial charge on any atom is -0.451 e. The molecule has 0 heterocycles. The van der Waals surface area contributed by atoms with Gasteiger partial charge in [0.15, 0.2) is 6.10 Å². The van der Waals surface area contributed by atoms with Gasteiger partial charge in [-0.2, -0.15) is 4.72 Å². The van der Waals surface area contributed by atoms with E-state index in [1.54, 1.807) is 0 Å². The van der Waals surface area contributed by atoms with Crippen molar-refractivity contribution in [3.8, 4) is 0 Å². The third kappa shape index (κ3) is 5.48. The average Bonchev–Trinajstić information content (AvgIpc) is 3.36. The van der Waals surface area contributed by atoms with Crippen LogP contribution in [0.1, 0.15) is 26.7 Å². The van der Waals surface area contributed by atoms with Crippen LogP contribution in [-0.4, -0.2) is 49.7 Å². The first-order valence-electron chi connectivity index (χ1n) is 8.07. The number of hydrogen-bond donors (Lipinski definition) is 3. The van der Waals surface area contributed by atoms with Crippen LogP contribution in [0.25, 0.3) is 0 Å². The zero-order valence-corrected chi connectivity index (χ0v) is 15.1. The smallest absolute Gasteiger partial charge is 0.327 e.